The van der Waals surface area contributed by atoms with Crippen LogP contribution in [-0.4, -0.2) is 51.5 Å². The van der Waals surface area contributed by atoms with E-state index in [9.17, 15) is 39.0 Å². The van der Waals surface area contributed by atoms with E-state index in [4.69, 9.17) is 4.74 Å². The molecule has 0 saturated carbocycles. The molecule has 2 heterocycles. The predicted molar refractivity (Wildman–Crippen MR) is 221 cm³/mol. The maximum absolute atomic E-state index is 12.0. The predicted octanol–water partition coefficient (Wildman–Crippen LogP) is 7.51. The highest BCUT2D eigenvalue weighted by molar-refractivity contribution is 6.05. The average molecular weight is 793 g/mol. The molecule has 0 amide bonds. The van der Waals surface area contributed by atoms with E-state index >= 15 is 0 Å². The van der Waals surface area contributed by atoms with Crippen molar-refractivity contribution < 1.29 is 53.9 Å². The zero-order valence-corrected chi connectivity index (χ0v) is 31.7. The Kier molecular flexibility index (Phi) is 12.6. The van der Waals surface area contributed by atoms with E-state index < -0.39 is 41.6 Å². The van der Waals surface area contributed by atoms with Gasteiger partial charge >= 0.3 is 35.8 Å². The summed E-state index contributed by atoms with van der Waals surface area (Å²) in [6.45, 7) is 3.74. The molecule has 59 heavy (non-hydrogen) atoms. The van der Waals surface area contributed by atoms with Crippen molar-refractivity contribution in [1.29, 1.82) is 0 Å². The van der Waals surface area contributed by atoms with Crippen LogP contribution in [0.3, 0.4) is 0 Å². The van der Waals surface area contributed by atoms with Crippen molar-refractivity contribution >= 4 is 74.2 Å². The van der Waals surface area contributed by atoms with Crippen molar-refractivity contribution in [3.8, 4) is 0 Å². The summed E-state index contributed by atoms with van der Waals surface area (Å²) >= 11 is 0. The SMILES string of the molecule is C=Cc1ccc2ccccc2c1.O.O=C(O)C1CCc2ccc3ccccc3c2C1C(=O)O.O=C1C=CC(=O)O1.O=C1OC(=O)C2c3c(ccc4ccccc34)CCC12. The number of carbonyl (C=O) groups excluding carboxylic acids is 4. The molecule has 4 atom stereocenters. The van der Waals surface area contributed by atoms with E-state index in [0.29, 0.717) is 24.8 Å². The molecule has 0 bridgehead atoms. The number of esters is 4. The van der Waals surface area contributed by atoms with Crippen molar-refractivity contribution in [2.45, 2.75) is 37.5 Å². The van der Waals surface area contributed by atoms with Gasteiger partial charge in [-0.1, -0.05) is 122 Å². The number of rotatable bonds is 3. The first-order chi connectivity index (χ1) is 28.0. The van der Waals surface area contributed by atoms with Gasteiger partial charge in [-0.05, 0) is 91.9 Å². The van der Waals surface area contributed by atoms with E-state index in [2.05, 4.69) is 65.9 Å². The van der Waals surface area contributed by atoms with Crippen LogP contribution >= 0.6 is 0 Å². The highest BCUT2D eigenvalue weighted by atomic mass is 16.6. The molecule has 298 valence electrons. The third-order valence-electron chi connectivity index (χ3n) is 10.9. The summed E-state index contributed by atoms with van der Waals surface area (Å²) in [6.07, 6.45) is 6.57. The Hall–Kier alpha value is -7.24. The Morgan fingerprint density at radius 2 is 1.12 bits per heavy atom. The Bertz CT molecular complexity index is 2660. The van der Waals surface area contributed by atoms with Gasteiger partial charge in [-0.15, -0.1) is 0 Å². The van der Waals surface area contributed by atoms with Gasteiger partial charge in [-0.25, -0.2) is 9.59 Å². The second-order valence-corrected chi connectivity index (χ2v) is 14.3. The molecule has 0 aromatic heterocycles. The van der Waals surface area contributed by atoms with Gasteiger partial charge in [-0.2, -0.15) is 0 Å². The van der Waals surface area contributed by atoms with E-state index in [1.807, 2.05) is 66.7 Å². The first kappa shape index (κ1) is 41.4. The lowest BCUT2D eigenvalue weighted by molar-refractivity contribution is -0.154. The smallest absolute Gasteiger partial charge is 0.338 e. The third kappa shape index (κ3) is 8.70. The number of carboxylic acid groups (broad SMARTS) is 2. The average Bonchev–Trinajstić information content (AvgIpc) is 3.78. The normalized spacial score (nSPS) is 19.5. The lowest BCUT2D eigenvalue weighted by Gasteiger charge is -2.29. The molecular weight excluding hydrogens is 753 g/mol. The zero-order valence-electron chi connectivity index (χ0n) is 31.7. The van der Waals surface area contributed by atoms with Crippen molar-refractivity contribution in [3.05, 3.63) is 162 Å². The number of cyclic esters (lactones) is 4. The van der Waals surface area contributed by atoms with Crippen LogP contribution in [-0.2, 0) is 51.1 Å². The maximum atomic E-state index is 12.0. The van der Waals surface area contributed by atoms with Crippen molar-refractivity contribution in [3.63, 3.8) is 0 Å². The number of ether oxygens (including phenoxy) is 2. The highest BCUT2D eigenvalue weighted by Crippen LogP contribution is 2.45. The first-order valence-electron chi connectivity index (χ1n) is 18.8. The number of aliphatic carboxylic acids is 2. The van der Waals surface area contributed by atoms with E-state index in [0.717, 1.165) is 51.2 Å². The lowest BCUT2D eigenvalue weighted by Crippen LogP contribution is -2.32. The molecule has 11 heteroatoms. The van der Waals surface area contributed by atoms with Crippen molar-refractivity contribution in [2.75, 3.05) is 0 Å². The Balaban J connectivity index is 0.000000139. The van der Waals surface area contributed by atoms with Crippen LogP contribution in [0.2, 0.25) is 0 Å². The lowest BCUT2D eigenvalue weighted by atomic mass is 9.73. The highest BCUT2D eigenvalue weighted by Gasteiger charge is 2.48. The molecule has 2 aliphatic heterocycles. The number of fused-ring (bicyclic) bond motifs is 9. The van der Waals surface area contributed by atoms with Crippen LogP contribution < -0.4 is 0 Å². The summed E-state index contributed by atoms with van der Waals surface area (Å²) < 4.78 is 8.81. The molecule has 4 N–H and O–H groups in total. The fraction of sp³-hybridized carbons (Fsp3) is 0.167. The van der Waals surface area contributed by atoms with Gasteiger partial charge in [0, 0.05) is 12.2 Å². The van der Waals surface area contributed by atoms with Crippen LogP contribution in [0.25, 0.3) is 38.4 Å². The first-order valence-corrected chi connectivity index (χ1v) is 18.8. The van der Waals surface area contributed by atoms with E-state index in [1.165, 1.54) is 21.9 Å². The second kappa shape index (κ2) is 17.9. The molecule has 0 radical (unpaired) electrons. The van der Waals surface area contributed by atoms with Crippen LogP contribution in [0.1, 0.15) is 52.5 Å². The second-order valence-electron chi connectivity index (χ2n) is 14.3. The minimum atomic E-state index is -1.06. The fourth-order valence-corrected chi connectivity index (χ4v) is 8.18. The van der Waals surface area contributed by atoms with E-state index in [1.54, 1.807) is 0 Å². The Morgan fingerprint density at radius 1 is 0.593 bits per heavy atom. The van der Waals surface area contributed by atoms with Gasteiger partial charge < -0.3 is 25.2 Å². The standard InChI is InChI=1S/C16H14O4.C16H12O3.C12H10.C4H2O3.H2O/c17-15(18)12-8-7-10-6-5-9-3-1-2-4-11(9)13(10)14(12)16(19)20;17-15-12-8-7-10-6-5-9-3-1-2-4-11(9)13(10)14(12)16(18)19-15;1-2-10-7-8-11-5-3-4-6-12(11)9-10;5-3-1-2-4(6)7-3;/h1-6,12,14H,7-8H2,(H,17,18)(H,19,20);1-6,12,14H,7-8H2;2-9H,1H2;1-2H;1H2. The Labute approximate surface area is 338 Å². The molecule has 0 spiro atoms. The summed E-state index contributed by atoms with van der Waals surface area (Å²) in [5, 5.41) is 25.3. The van der Waals surface area contributed by atoms with E-state index in [-0.39, 0.29) is 23.3 Å². The fourth-order valence-electron chi connectivity index (χ4n) is 8.18. The quantitative estimate of drug-likeness (QED) is 0.134. The summed E-state index contributed by atoms with van der Waals surface area (Å²) in [6, 6.07) is 38.2. The van der Waals surface area contributed by atoms with Crippen molar-refractivity contribution in [2.24, 2.45) is 11.8 Å². The zero-order chi connectivity index (χ0) is 40.9. The van der Waals surface area contributed by atoms with Crippen LogP contribution in [0.15, 0.2) is 134 Å². The number of carboxylic acids is 2. The molecule has 2 aliphatic carbocycles. The summed E-state index contributed by atoms with van der Waals surface area (Å²) in [5.41, 5.74) is 4.98. The molecule has 4 unspecified atom stereocenters. The molecule has 1 saturated heterocycles. The number of hydrogen-bond acceptors (Lipinski definition) is 8. The van der Waals surface area contributed by atoms with Gasteiger partial charge in [0.1, 0.15) is 0 Å². The summed E-state index contributed by atoms with van der Waals surface area (Å²) in [4.78, 5) is 66.5. The molecular formula is C48H40O11. The van der Waals surface area contributed by atoms with Gasteiger partial charge in [0.2, 0.25) is 0 Å². The molecule has 6 aromatic carbocycles. The minimum absolute atomic E-state index is 0. The summed E-state index contributed by atoms with van der Waals surface area (Å²) in [5.74, 6) is -6.50. The largest absolute Gasteiger partial charge is 0.481 e. The van der Waals surface area contributed by atoms with Gasteiger partial charge in [0.25, 0.3) is 0 Å². The van der Waals surface area contributed by atoms with Crippen LogP contribution in [0.4, 0.5) is 0 Å². The van der Waals surface area contributed by atoms with Gasteiger partial charge in [0.15, 0.2) is 0 Å². The maximum Gasteiger partial charge on any atom is 0.338 e. The Morgan fingerprint density at radius 3 is 1.68 bits per heavy atom. The monoisotopic (exact) mass is 792 g/mol. The number of carbonyl (C=O) groups is 6. The summed E-state index contributed by atoms with van der Waals surface area (Å²) in [7, 11) is 0. The van der Waals surface area contributed by atoms with Gasteiger partial charge in [0.05, 0.1) is 23.7 Å². The topological polar surface area (TPSA) is 193 Å². The molecule has 11 nitrogen and oxygen atoms in total. The molecule has 1 fully saturated rings. The van der Waals surface area contributed by atoms with Gasteiger partial charge in [-0.3, -0.25) is 19.2 Å². The number of benzene rings is 6. The van der Waals surface area contributed by atoms with Crippen LogP contribution in [0, 0.1) is 11.8 Å². The third-order valence-corrected chi connectivity index (χ3v) is 10.9. The van der Waals surface area contributed by atoms with Crippen LogP contribution in [0.5, 0.6) is 0 Å². The number of aryl methyl sites for hydroxylation is 2. The molecule has 6 aromatic rings. The minimum Gasteiger partial charge on any atom is -0.481 e. The molecule has 10 rings (SSSR count). The number of hydrogen-bond donors (Lipinski definition) is 2. The molecule has 4 aliphatic rings. The van der Waals surface area contributed by atoms with Crippen molar-refractivity contribution in [1.82, 2.24) is 0 Å².